The minimum atomic E-state index is 0.538. The van der Waals surface area contributed by atoms with Crippen molar-refractivity contribution in [1.29, 1.82) is 0 Å². The van der Waals surface area contributed by atoms with Gasteiger partial charge in [-0.1, -0.05) is 13.8 Å². The molecule has 18 heavy (non-hydrogen) atoms. The topological polar surface area (TPSA) is 37.0 Å². The zero-order valence-corrected chi connectivity index (χ0v) is 11.6. The monoisotopic (exact) mass is 246 g/mol. The van der Waals surface area contributed by atoms with Crippen molar-refractivity contribution in [3.8, 4) is 5.75 Å². The molecule has 0 aliphatic rings. The Bertz CT molecular complexity index is 529. The zero-order chi connectivity index (χ0) is 13.1. The fraction of sp³-hybridized carbons (Fsp3) is 0.467. The van der Waals surface area contributed by atoms with Gasteiger partial charge in [-0.05, 0) is 37.6 Å². The summed E-state index contributed by atoms with van der Waals surface area (Å²) in [4.78, 5) is 3.43. The van der Waals surface area contributed by atoms with Gasteiger partial charge in [-0.3, -0.25) is 0 Å². The van der Waals surface area contributed by atoms with Crippen LogP contribution in [-0.4, -0.2) is 24.7 Å². The summed E-state index contributed by atoms with van der Waals surface area (Å²) in [6.07, 6.45) is 1.05. The summed E-state index contributed by atoms with van der Waals surface area (Å²) in [5.41, 5.74) is 3.82. The van der Waals surface area contributed by atoms with Crippen molar-refractivity contribution in [2.24, 2.45) is 0 Å². The number of methoxy groups -OCH3 is 1. The molecule has 0 aliphatic heterocycles. The van der Waals surface area contributed by atoms with E-state index in [1.54, 1.807) is 7.11 Å². The third-order valence-electron chi connectivity index (χ3n) is 3.25. The average molecular weight is 246 g/mol. The van der Waals surface area contributed by atoms with Crippen LogP contribution in [0.1, 0.15) is 25.1 Å². The van der Waals surface area contributed by atoms with Crippen molar-refractivity contribution in [2.45, 2.75) is 33.2 Å². The van der Waals surface area contributed by atoms with Crippen molar-refractivity contribution in [2.75, 3.05) is 13.7 Å². The minimum Gasteiger partial charge on any atom is -0.497 e. The Kier molecular flexibility index (Phi) is 3.92. The molecule has 0 fully saturated rings. The Morgan fingerprint density at radius 3 is 2.78 bits per heavy atom. The molecule has 0 unspecified atom stereocenters. The molecule has 0 aliphatic carbocycles. The summed E-state index contributed by atoms with van der Waals surface area (Å²) in [7, 11) is 1.70. The van der Waals surface area contributed by atoms with E-state index in [1.165, 1.54) is 16.6 Å². The van der Waals surface area contributed by atoms with Crippen molar-refractivity contribution >= 4 is 10.9 Å². The molecule has 0 bridgehead atoms. The van der Waals surface area contributed by atoms with Gasteiger partial charge in [-0.15, -0.1) is 0 Å². The van der Waals surface area contributed by atoms with Gasteiger partial charge >= 0.3 is 0 Å². The van der Waals surface area contributed by atoms with Crippen LogP contribution in [0, 0.1) is 6.92 Å². The minimum absolute atomic E-state index is 0.538. The van der Waals surface area contributed by atoms with E-state index in [1.807, 2.05) is 6.07 Å². The molecule has 0 spiro atoms. The highest BCUT2D eigenvalue weighted by atomic mass is 16.5. The molecule has 98 valence electrons. The first-order valence-electron chi connectivity index (χ1n) is 6.50. The van der Waals surface area contributed by atoms with Crippen LogP contribution < -0.4 is 10.1 Å². The molecule has 2 N–H and O–H groups in total. The van der Waals surface area contributed by atoms with Gasteiger partial charge < -0.3 is 15.0 Å². The Labute approximate surface area is 109 Å². The van der Waals surface area contributed by atoms with Gasteiger partial charge in [0.15, 0.2) is 0 Å². The van der Waals surface area contributed by atoms with Crippen LogP contribution in [0.5, 0.6) is 5.75 Å². The lowest BCUT2D eigenvalue weighted by Crippen LogP contribution is -2.25. The summed E-state index contributed by atoms with van der Waals surface area (Å²) in [6, 6.07) is 6.76. The van der Waals surface area contributed by atoms with E-state index in [4.69, 9.17) is 4.74 Å². The summed E-state index contributed by atoms with van der Waals surface area (Å²) < 4.78 is 5.25. The highest BCUT2D eigenvalue weighted by Crippen LogP contribution is 2.26. The number of aromatic nitrogens is 1. The van der Waals surface area contributed by atoms with Gasteiger partial charge in [-0.25, -0.2) is 0 Å². The maximum Gasteiger partial charge on any atom is 0.120 e. The van der Waals surface area contributed by atoms with Crippen LogP contribution in [0.25, 0.3) is 10.9 Å². The van der Waals surface area contributed by atoms with Crippen LogP contribution >= 0.6 is 0 Å². The number of ether oxygens (including phenoxy) is 1. The predicted molar refractivity (Wildman–Crippen MR) is 76.4 cm³/mol. The first kappa shape index (κ1) is 13.0. The summed E-state index contributed by atoms with van der Waals surface area (Å²) in [5, 5.41) is 4.76. The van der Waals surface area contributed by atoms with Crippen molar-refractivity contribution in [3.05, 3.63) is 29.5 Å². The third-order valence-corrected chi connectivity index (χ3v) is 3.25. The van der Waals surface area contributed by atoms with E-state index in [-0.39, 0.29) is 0 Å². The molecule has 0 amide bonds. The summed E-state index contributed by atoms with van der Waals surface area (Å²) in [5.74, 6) is 0.899. The number of hydrogen-bond donors (Lipinski definition) is 2. The lowest BCUT2D eigenvalue weighted by atomic mass is 10.1. The maximum absolute atomic E-state index is 5.25. The third kappa shape index (κ3) is 2.67. The Morgan fingerprint density at radius 1 is 1.33 bits per heavy atom. The number of aryl methyl sites for hydroxylation is 1. The molecular weight excluding hydrogens is 224 g/mol. The second-order valence-electron chi connectivity index (χ2n) is 5.00. The van der Waals surface area contributed by atoms with Crippen LogP contribution in [0.15, 0.2) is 18.2 Å². The lowest BCUT2D eigenvalue weighted by molar-refractivity contribution is 0.415. The number of benzene rings is 1. The van der Waals surface area contributed by atoms with Crippen LogP contribution in [0.3, 0.4) is 0 Å². The maximum atomic E-state index is 5.25. The molecule has 0 saturated carbocycles. The van der Waals surface area contributed by atoms with E-state index in [2.05, 4.69) is 43.2 Å². The largest absolute Gasteiger partial charge is 0.497 e. The van der Waals surface area contributed by atoms with E-state index in [9.17, 15) is 0 Å². The molecule has 1 aromatic heterocycles. The molecule has 3 nitrogen and oxygen atoms in total. The quantitative estimate of drug-likeness (QED) is 0.851. The van der Waals surface area contributed by atoms with E-state index >= 15 is 0 Å². The van der Waals surface area contributed by atoms with Gasteiger partial charge in [0.1, 0.15) is 5.75 Å². The summed E-state index contributed by atoms with van der Waals surface area (Å²) >= 11 is 0. The number of rotatable bonds is 5. The van der Waals surface area contributed by atoms with Gasteiger partial charge in [-0.2, -0.15) is 0 Å². The number of fused-ring (bicyclic) bond motifs is 1. The zero-order valence-electron chi connectivity index (χ0n) is 11.6. The number of aromatic amines is 1. The molecular formula is C15H22N2O. The summed E-state index contributed by atoms with van der Waals surface area (Å²) in [6.45, 7) is 7.49. The second-order valence-corrected chi connectivity index (χ2v) is 5.00. The molecule has 0 radical (unpaired) electrons. The molecule has 1 aromatic carbocycles. The number of nitrogens with one attached hydrogen (secondary N) is 2. The van der Waals surface area contributed by atoms with Crippen LogP contribution in [0.2, 0.25) is 0 Å². The van der Waals surface area contributed by atoms with E-state index < -0.39 is 0 Å². The fourth-order valence-corrected chi connectivity index (χ4v) is 2.30. The average Bonchev–Trinajstić information content (AvgIpc) is 2.64. The number of H-pyrrole nitrogens is 1. The Morgan fingerprint density at radius 2 is 2.11 bits per heavy atom. The predicted octanol–water partition coefficient (Wildman–Crippen LogP) is 3.03. The van der Waals surface area contributed by atoms with Gasteiger partial charge in [0.2, 0.25) is 0 Å². The SMILES string of the molecule is COc1ccc2c(CCNC(C)C)c(C)[nH]c2c1. The van der Waals surface area contributed by atoms with E-state index in [0.29, 0.717) is 6.04 Å². The highest BCUT2D eigenvalue weighted by molar-refractivity contribution is 5.85. The molecule has 2 rings (SSSR count). The molecule has 2 aromatic rings. The Hall–Kier alpha value is -1.48. The van der Waals surface area contributed by atoms with Crippen molar-refractivity contribution in [1.82, 2.24) is 10.3 Å². The highest BCUT2D eigenvalue weighted by Gasteiger charge is 2.09. The fourth-order valence-electron chi connectivity index (χ4n) is 2.30. The standard InChI is InChI=1S/C15H22N2O/c1-10(2)16-8-7-13-11(3)17-15-9-12(18-4)5-6-14(13)15/h5-6,9-10,16-17H,7-8H2,1-4H3. The lowest BCUT2D eigenvalue weighted by Gasteiger charge is -2.08. The number of hydrogen-bond acceptors (Lipinski definition) is 2. The van der Waals surface area contributed by atoms with E-state index in [0.717, 1.165) is 24.2 Å². The van der Waals surface area contributed by atoms with Crippen molar-refractivity contribution in [3.63, 3.8) is 0 Å². The first-order valence-corrected chi connectivity index (χ1v) is 6.50. The normalized spacial score (nSPS) is 11.4. The van der Waals surface area contributed by atoms with Gasteiger partial charge in [0.25, 0.3) is 0 Å². The smallest absolute Gasteiger partial charge is 0.120 e. The van der Waals surface area contributed by atoms with Crippen LogP contribution in [-0.2, 0) is 6.42 Å². The molecule has 0 saturated heterocycles. The Balaban J connectivity index is 2.24. The van der Waals surface area contributed by atoms with Gasteiger partial charge in [0.05, 0.1) is 7.11 Å². The molecule has 1 heterocycles. The first-order chi connectivity index (χ1) is 8.61. The van der Waals surface area contributed by atoms with Crippen molar-refractivity contribution < 1.29 is 4.74 Å². The second kappa shape index (κ2) is 5.44. The molecule has 0 atom stereocenters. The molecule has 3 heteroatoms. The van der Waals surface area contributed by atoms with Gasteiger partial charge in [0, 0.05) is 28.7 Å². The van der Waals surface area contributed by atoms with Crippen LogP contribution in [0.4, 0.5) is 0 Å².